The van der Waals surface area contributed by atoms with Gasteiger partial charge >= 0.3 is 15.6 Å². The summed E-state index contributed by atoms with van der Waals surface area (Å²) in [4.78, 5) is 54.0. The smallest absolute Gasteiger partial charge is 0.387 e. The van der Waals surface area contributed by atoms with E-state index in [-0.39, 0.29) is 34.1 Å². The predicted molar refractivity (Wildman–Crippen MR) is 147 cm³/mol. The number of nitrogen functional groups attached to an aromatic ring is 2. The van der Waals surface area contributed by atoms with Crippen LogP contribution in [0, 0.1) is 0 Å². The van der Waals surface area contributed by atoms with Crippen LogP contribution in [0.1, 0.15) is 12.5 Å². The third-order valence-corrected chi connectivity index (χ3v) is 9.67. The molecule has 0 radical (unpaired) electrons. The molecule has 250 valence electrons. The van der Waals surface area contributed by atoms with Gasteiger partial charge in [-0.25, -0.2) is 29.1 Å². The van der Waals surface area contributed by atoms with E-state index in [1.54, 1.807) is 0 Å². The summed E-state index contributed by atoms with van der Waals surface area (Å²) < 4.78 is 52.1. The number of hydrogen-bond donors (Lipinski definition) is 9. The zero-order chi connectivity index (χ0) is 33.1. The van der Waals surface area contributed by atoms with Crippen LogP contribution in [-0.4, -0.2) is 119 Å². The van der Waals surface area contributed by atoms with Crippen LogP contribution in [0.15, 0.2) is 23.8 Å². The van der Waals surface area contributed by atoms with Crippen LogP contribution in [-0.2, 0) is 32.0 Å². The highest BCUT2D eigenvalue weighted by Crippen LogP contribution is 2.60. The third-order valence-electron chi connectivity index (χ3n) is 7.07. The molecular weight excluding hydrogens is 666 g/mol. The van der Waals surface area contributed by atoms with Gasteiger partial charge in [-0.1, -0.05) is 0 Å². The van der Waals surface area contributed by atoms with Crippen molar-refractivity contribution in [1.29, 1.82) is 0 Å². The number of aromatic amines is 1. The maximum absolute atomic E-state index is 12.5. The van der Waals surface area contributed by atoms with Gasteiger partial charge in [0, 0.05) is 0 Å². The second-order valence-corrected chi connectivity index (χ2v) is 13.1. The van der Waals surface area contributed by atoms with Crippen molar-refractivity contribution in [2.24, 2.45) is 0 Å². The zero-order valence-electron chi connectivity index (χ0n) is 22.9. The van der Waals surface area contributed by atoms with Gasteiger partial charge in [0.05, 0.1) is 25.9 Å². The third kappa shape index (κ3) is 6.02. The molecule has 46 heavy (non-hydrogen) atoms. The van der Waals surface area contributed by atoms with Crippen LogP contribution < -0.4 is 17.0 Å². The van der Waals surface area contributed by atoms with Crippen molar-refractivity contribution in [3.8, 4) is 0 Å². The summed E-state index contributed by atoms with van der Waals surface area (Å²) in [5, 5.41) is 41.9. The molecule has 2 fully saturated rings. The van der Waals surface area contributed by atoms with Crippen LogP contribution in [0.5, 0.6) is 0 Å². The minimum Gasteiger partial charge on any atom is -0.387 e. The number of hydrogen-bond acceptors (Lipinski definition) is 19. The molecule has 0 spiro atoms. The number of nitrogens with one attached hydrogen (secondary N) is 1. The lowest BCUT2D eigenvalue weighted by Crippen LogP contribution is -2.34. The van der Waals surface area contributed by atoms with E-state index in [1.165, 1.54) is 10.9 Å². The number of H-pyrrole nitrogens is 1. The lowest BCUT2D eigenvalue weighted by molar-refractivity contribution is -0.0530. The number of aromatic nitrogens is 8. The van der Waals surface area contributed by atoms with Crippen molar-refractivity contribution in [2.45, 2.75) is 49.1 Å². The van der Waals surface area contributed by atoms with Crippen molar-refractivity contribution in [2.75, 3.05) is 24.7 Å². The molecule has 4 aromatic rings. The van der Waals surface area contributed by atoms with Gasteiger partial charge < -0.3 is 51.2 Å². The molecule has 0 aromatic carbocycles. The number of phosphoric acid groups is 2. The van der Waals surface area contributed by atoms with Gasteiger partial charge in [-0.3, -0.25) is 28.0 Å². The van der Waals surface area contributed by atoms with Gasteiger partial charge in [-0.15, -0.1) is 0 Å². The maximum atomic E-state index is 12.5. The minimum absolute atomic E-state index is 0.0446. The lowest BCUT2D eigenvalue weighted by atomic mass is 10.1. The van der Waals surface area contributed by atoms with E-state index >= 15 is 0 Å². The standard InChI is InChI=1S/C20H26N10O14P2/c21-14-8-15(24-3-23-14)29(4-25-8)18-12(33)10(31)6(42-18)1-40-45(36,37)44-46(38,39)41-2-7-11(32)13(34)19(43-7)30-5-26-9-16(30)27-20(22)28-17(9)35/h3-7,10-13,18-19,31-34H,1-2H2,(H,36,37)(H,38,39)(H2,21,23,24)(H3,22,27,28,35)/t6-,7-,10-,11-,12-,13-,18-,19-/m1/s1. The van der Waals surface area contributed by atoms with Gasteiger partial charge in [0.15, 0.2) is 35.1 Å². The summed E-state index contributed by atoms with van der Waals surface area (Å²) in [6.45, 7) is -1.86. The summed E-state index contributed by atoms with van der Waals surface area (Å²) in [7, 11) is -10.8. The van der Waals surface area contributed by atoms with Gasteiger partial charge in [-0.05, 0) is 0 Å². The summed E-state index contributed by atoms with van der Waals surface area (Å²) in [6.07, 6.45) is -8.87. The Kier molecular flexibility index (Phi) is 8.43. The molecule has 0 bridgehead atoms. The minimum atomic E-state index is -5.41. The van der Waals surface area contributed by atoms with Crippen molar-refractivity contribution in [3.63, 3.8) is 0 Å². The van der Waals surface area contributed by atoms with Crippen molar-refractivity contribution < 1.29 is 62.2 Å². The van der Waals surface area contributed by atoms with E-state index < -0.39 is 83.5 Å². The number of anilines is 2. The van der Waals surface area contributed by atoms with E-state index in [9.17, 15) is 44.1 Å². The molecule has 24 nitrogen and oxygen atoms in total. The molecule has 0 saturated carbocycles. The Morgan fingerprint density at radius 1 is 0.804 bits per heavy atom. The van der Waals surface area contributed by atoms with Gasteiger partial charge in [0.2, 0.25) is 5.95 Å². The zero-order valence-corrected chi connectivity index (χ0v) is 24.7. The van der Waals surface area contributed by atoms with Crippen LogP contribution in [0.2, 0.25) is 0 Å². The number of rotatable bonds is 10. The van der Waals surface area contributed by atoms with Crippen LogP contribution >= 0.6 is 15.6 Å². The molecular formula is C20H26N10O14P2. The summed E-state index contributed by atoms with van der Waals surface area (Å²) in [5.74, 6) is -0.220. The van der Waals surface area contributed by atoms with Crippen molar-refractivity contribution >= 4 is 49.7 Å². The molecule has 11 N–H and O–H groups in total. The quantitative estimate of drug-likeness (QED) is 0.0731. The number of phosphoric ester groups is 2. The Hall–Kier alpha value is -3.48. The molecule has 26 heteroatoms. The summed E-state index contributed by atoms with van der Waals surface area (Å²) >= 11 is 0. The molecule has 2 saturated heterocycles. The molecule has 10 atom stereocenters. The predicted octanol–water partition coefficient (Wildman–Crippen LogP) is -3.39. The number of nitrogens with two attached hydrogens (primary N) is 2. The van der Waals surface area contributed by atoms with Crippen LogP contribution in [0.3, 0.4) is 0 Å². The van der Waals surface area contributed by atoms with Crippen LogP contribution in [0.4, 0.5) is 11.8 Å². The van der Waals surface area contributed by atoms with E-state index in [1.807, 2.05) is 0 Å². The highest BCUT2D eigenvalue weighted by atomic mass is 31.3. The lowest BCUT2D eigenvalue weighted by Gasteiger charge is -2.20. The van der Waals surface area contributed by atoms with Gasteiger partial charge in [0.1, 0.15) is 48.5 Å². The van der Waals surface area contributed by atoms with E-state index in [0.29, 0.717) is 0 Å². The largest absolute Gasteiger partial charge is 0.481 e. The number of ether oxygens (including phenoxy) is 2. The first-order valence-electron chi connectivity index (χ1n) is 13.0. The Morgan fingerprint density at radius 2 is 1.33 bits per heavy atom. The summed E-state index contributed by atoms with van der Waals surface area (Å²) in [6, 6.07) is 0. The number of imidazole rings is 2. The Balaban J connectivity index is 1.05. The van der Waals surface area contributed by atoms with Gasteiger partial charge in [0.25, 0.3) is 5.56 Å². The first-order chi connectivity index (χ1) is 21.7. The fourth-order valence-electron chi connectivity index (χ4n) is 4.89. The number of aliphatic hydroxyl groups is 4. The fourth-order valence-corrected chi connectivity index (χ4v) is 6.98. The second-order valence-electron chi connectivity index (χ2n) is 10.1. The van der Waals surface area contributed by atoms with E-state index in [2.05, 4.69) is 34.2 Å². The summed E-state index contributed by atoms with van der Waals surface area (Å²) in [5.41, 5.74) is 10.7. The number of fused-ring (bicyclic) bond motifs is 2. The second kappa shape index (κ2) is 12.0. The SMILES string of the molecule is Nc1nc2c(ncn2[C@@H]2O[C@H](COP(=O)(O)OP(=O)(O)OC[C@H]3O[C@@H](n4cnc5c(N)ncnc54)[C@H](O)[C@@H]3O)[C@@H](O)[C@H]2O)c(=O)[nH]1. The molecule has 2 aliphatic heterocycles. The molecule has 0 aliphatic carbocycles. The molecule has 2 unspecified atom stereocenters. The van der Waals surface area contributed by atoms with E-state index in [4.69, 9.17) is 30.0 Å². The molecule has 4 aromatic heterocycles. The average molecular weight is 692 g/mol. The molecule has 0 amide bonds. The normalized spacial score (nSPS) is 31.0. The Labute approximate surface area is 254 Å². The van der Waals surface area contributed by atoms with Gasteiger partial charge in [-0.2, -0.15) is 9.29 Å². The fraction of sp³-hybridized carbons (Fsp3) is 0.500. The topological polar surface area (TPSA) is 361 Å². The molecule has 2 aliphatic rings. The Morgan fingerprint density at radius 3 is 1.89 bits per heavy atom. The molecule has 6 heterocycles. The number of aliphatic hydroxyl groups excluding tert-OH is 4. The van der Waals surface area contributed by atoms with Crippen LogP contribution in [0.25, 0.3) is 22.3 Å². The monoisotopic (exact) mass is 692 g/mol. The van der Waals surface area contributed by atoms with Crippen molar-refractivity contribution in [1.82, 2.24) is 39.0 Å². The maximum Gasteiger partial charge on any atom is 0.481 e. The highest BCUT2D eigenvalue weighted by molar-refractivity contribution is 7.61. The number of nitrogens with zero attached hydrogens (tertiary/aromatic N) is 7. The first kappa shape index (κ1) is 32.5. The van der Waals surface area contributed by atoms with E-state index in [0.717, 1.165) is 17.2 Å². The Bertz CT molecular complexity index is 1920. The first-order valence-corrected chi connectivity index (χ1v) is 16.0. The van der Waals surface area contributed by atoms with Crippen molar-refractivity contribution in [3.05, 3.63) is 29.3 Å². The molecule has 6 rings (SSSR count). The highest BCUT2D eigenvalue weighted by Gasteiger charge is 2.48. The average Bonchev–Trinajstić information content (AvgIpc) is 3.73.